The van der Waals surface area contributed by atoms with Gasteiger partial charge in [-0.2, -0.15) is 0 Å². The monoisotopic (exact) mass is 732 g/mol. The van der Waals surface area contributed by atoms with Gasteiger partial charge in [-0.3, -0.25) is 0 Å². The van der Waals surface area contributed by atoms with Gasteiger partial charge in [0.05, 0.1) is 11.4 Å². The third-order valence-corrected chi connectivity index (χ3v) is 11.7. The van der Waals surface area contributed by atoms with Crippen molar-refractivity contribution in [2.24, 2.45) is 0 Å². The summed E-state index contributed by atoms with van der Waals surface area (Å²) in [6.45, 7) is 22.7. The molecular weight excluding hydrogens is 677 g/mol. The minimum atomic E-state index is 0.0754. The van der Waals surface area contributed by atoms with Gasteiger partial charge in [-0.15, -0.1) is 0 Å². The van der Waals surface area contributed by atoms with Gasteiger partial charge in [0.15, 0.2) is 0 Å². The van der Waals surface area contributed by atoms with Crippen LogP contribution in [0.25, 0.3) is 32.3 Å². The molecule has 0 saturated heterocycles. The third kappa shape index (κ3) is 6.81. The number of hydrogen-bond donors (Lipinski definition) is 0. The number of anilines is 6. The van der Waals surface area contributed by atoms with Gasteiger partial charge in [0, 0.05) is 33.5 Å². The molecule has 0 fully saturated rings. The highest BCUT2D eigenvalue weighted by Gasteiger charge is 2.23. The first-order chi connectivity index (χ1) is 26.7. The van der Waals surface area contributed by atoms with E-state index >= 15 is 0 Å². The molecule has 56 heavy (non-hydrogen) atoms. The van der Waals surface area contributed by atoms with Crippen molar-refractivity contribution < 1.29 is 0 Å². The summed E-state index contributed by atoms with van der Waals surface area (Å²) < 4.78 is 0. The summed E-state index contributed by atoms with van der Waals surface area (Å²) in [5.41, 5.74) is 12.5. The second-order valence-corrected chi connectivity index (χ2v) is 18.3. The van der Waals surface area contributed by atoms with Gasteiger partial charge in [0.2, 0.25) is 0 Å². The normalized spacial score (nSPS) is 12.4. The van der Waals surface area contributed by atoms with Crippen LogP contribution in [0.2, 0.25) is 0 Å². The zero-order valence-corrected chi connectivity index (χ0v) is 34.9. The number of nitrogens with zero attached hydrogens (tertiary/aromatic N) is 2. The lowest BCUT2D eigenvalue weighted by atomic mass is 9.87. The summed E-state index contributed by atoms with van der Waals surface area (Å²) in [6, 6.07) is 55.2. The van der Waals surface area contributed by atoms with E-state index in [-0.39, 0.29) is 10.8 Å². The summed E-state index contributed by atoms with van der Waals surface area (Å²) in [6.07, 6.45) is 0. The molecule has 0 aliphatic heterocycles. The van der Waals surface area contributed by atoms with E-state index < -0.39 is 0 Å². The van der Waals surface area contributed by atoms with E-state index in [1.54, 1.807) is 0 Å². The molecule has 0 N–H and O–H groups in total. The average Bonchev–Trinajstić information content (AvgIpc) is 3.18. The Balaban J connectivity index is 1.35. The SMILES string of the molecule is CC(C)c1ccc(N(c2ccc(C(C)(C)C)cc2)c2ccc3ccc4c(N(c5ccc(C(C)C)cc5)c5ccc(C(C)(C)C)cc5)ccc5ccc2c3c54)cc1. The van der Waals surface area contributed by atoms with Gasteiger partial charge in [0.25, 0.3) is 0 Å². The van der Waals surface area contributed by atoms with Crippen molar-refractivity contribution in [1.82, 2.24) is 0 Å². The van der Waals surface area contributed by atoms with Crippen LogP contribution < -0.4 is 9.80 Å². The topological polar surface area (TPSA) is 6.48 Å². The minimum absolute atomic E-state index is 0.0754. The van der Waals surface area contributed by atoms with Crippen LogP contribution in [0, 0.1) is 0 Å². The fourth-order valence-corrected chi connectivity index (χ4v) is 8.25. The van der Waals surface area contributed by atoms with Crippen molar-refractivity contribution in [3.05, 3.63) is 168 Å². The largest absolute Gasteiger partial charge is 0.310 e. The molecule has 2 nitrogen and oxygen atoms in total. The number of hydrogen-bond acceptors (Lipinski definition) is 2. The zero-order chi connectivity index (χ0) is 39.5. The Hall–Kier alpha value is -5.60. The van der Waals surface area contributed by atoms with E-state index in [2.05, 4.69) is 225 Å². The van der Waals surface area contributed by atoms with Crippen LogP contribution >= 0.6 is 0 Å². The molecule has 0 spiro atoms. The Kier molecular flexibility index (Phi) is 9.44. The van der Waals surface area contributed by atoms with Crippen LogP contribution in [-0.2, 0) is 10.8 Å². The predicted octanol–water partition coefficient (Wildman–Crippen LogP) is 16.4. The lowest BCUT2D eigenvalue weighted by molar-refractivity contribution is 0.590. The molecule has 8 rings (SSSR count). The summed E-state index contributed by atoms with van der Waals surface area (Å²) >= 11 is 0. The van der Waals surface area contributed by atoms with Crippen molar-refractivity contribution in [2.75, 3.05) is 9.80 Å². The molecule has 8 aromatic rings. The number of benzene rings is 8. The summed E-state index contributed by atoms with van der Waals surface area (Å²) in [7, 11) is 0. The highest BCUT2D eigenvalue weighted by atomic mass is 15.1. The Labute approximate surface area is 334 Å². The van der Waals surface area contributed by atoms with Crippen LogP contribution in [0.1, 0.15) is 103 Å². The highest BCUT2D eigenvalue weighted by Crippen LogP contribution is 2.48. The maximum atomic E-state index is 2.45. The summed E-state index contributed by atoms with van der Waals surface area (Å²) in [4.78, 5) is 4.89. The van der Waals surface area contributed by atoms with Crippen LogP contribution in [0.5, 0.6) is 0 Å². The van der Waals surface area contributed by atoms with Crippen LogP contribution in [0.4, 0.5) is 34.1 Å². The van der Waals surface area contributed by atoms with E-state index in [0.717, 1.165) is 22.7 Å². The van der Waals surface area contributed by atoms with E-state index in [1.807, 2.05) is 0 Å². The Morgan fingerprint density at radius 3 is 0.911 bits per heavy atom. The van der Waals surface area contributed by atoms with Crippen LogP contribution in [0.3, 0.4) is 0 Å². The molecule has 0 aromatic heterocycles. The van der Waals surface area contributed by atoms with Crippen molar-refractivity contribution in [3.8, 4) is 0 Å². The zero-order valence-electron chi connectivity index (χ0n) is 34.9. The molecular formula is C54H56N2. The van der Waals surface area contributed by atoms with E-state index in [4.69, 9.17) is 0 Å². The molecule has 2 heteroatoms. The number of rotatable bonds is 8. The fraction of sp³-hybridized carbons (Fsp3) is 0.259. The quantitative estimate of drug-likeness (QED) is 0.144. The van der Waals surface area contributed by atoms with Gasteiger partial charge in [0.1, 0.15) is 0 Å². The lowest BCUT2D eigenvalue weighted by Gasteiger charge is -2.30. The summed E-state index contributed by atoms with van der Waals surface area (Å²) in [5, 5.41) is 7.58. The molecule has 0 radical (unpaired) electrons. The Morgan fingerprint density at radius 2 is 0.625 bits per heavy atom. The Morgan fingerprint density at radius 1 is 0.339 bits per heavy atom. The Bertz CT molecular complexity index is 2430. The van der Waals surface area contributed by atoms with Gasteiger partial charge in [-0.05, 0) is 127 Å². The maximum Gasteiger partial charge on any atom is 0.0540 e. The molecule has 0 aliphatic carbocycles. The van der Waals surface area contributed by atoms with E-state index in [9.17, 15) is 0 Å². The molecule has 282 valence electrons. The molecule has 0 saturated carbocycles. The second-order valence-electron chi connectivity index (χ2n) is 18.3. The van der Waals surface area contributed by atoms with Gasteiger partial charge in [-0.25, -0.2) is 0 Å². The van der Waals surface area contributed by atoms with Crippen molar-refractivity contribution >= 4 is 66.4 Å². The highest BCUT2D eigenvalue weighted by molar-refractivity contribution is 6.28. The first-order valence-electron chi connectivity index (χ1n) is 20.4. The van der Waals surface area contributed by atoms with Crippen LogP contribution in [-0.4, -0.2) is 0 Å². The molecule has 0 unspecified atom stereocenters. The van der Waals surface area contributed by atoms with Crippen molar-refractivity contribution in [3.63, 3.8) is 0 Å². The van der Waals surface area contributed by atoms with E-state index in [0.29, 0.717) is 11.8 Å². The van der Waals surface area contributed by atoms with Crippen LogP contribution in [0.15, 0.2) is 146 Å². The third-order valence-electron chi connectivity index (χ3n) is 11.7. The van der Waals surface area contributed by atoms with Gasteiger partial charge >= 0.3 is 0 Å². The van der Waals surface area contributed by atoms with Crippen molar-refractivity contribution in [1.29, 1.82) is 0 Å². The first kappa shape index (κ1) is 37.3. The molecule has 0 aliphatic rings. The maximum absolute atomic E-state index is 2.45. The molecule has 0 heterocycles. The average molecular weight is 733 g/mol. The fourth-order valence-electron chi connectivity index (χ4n) is 8.25. The molecule has 0 atom stereocenters. The molecule has 0 amide bonds. The standard InChI is InChI=1S/C54H56N2/c1-35(2)37-11-23-43(24-12-37)55(45-27-19-41(20-28-45)53(5,6)7)49-33-17-39-16-32-48-50(34-18-40-15-31-47(49)51(39)52(40)48)56(44-25-13-38(14-26-44)36(3)4)46-29-21-42(22-30-46)54(8,9)10/h11-36H,1-10H3. The smallest absolute Gasteiger partial charge is 0.0540 e. The summed E-state index contributed by atoms with van der Waals surface area (Å²) in [5.74, 6) is 0.938. The first-order valence-corrected chi connectivity index (χ1v) is 20.4. The van der Waals surface area contributed by atoms with E-state index in [1.165, 1.54) is 65.9 Å². The minimum Gasteiger partial charge on any atom is -0.310 e. The molecule has 8 aromatic carbocycles. The lowest BCUT2D eigenvalue weighted by Crippen LogP contribution is -2.14. The molecule has 0 bridgehead atoms. The second kappa shape index (κ2) is 14.2. The predicted molar refractivity (Wildman–Crippen MR) is 245 cm³/mol. The van der Waals surface area contributed by atoms with Gasteiger partial charge in [-0.1, -0.05) is 154 Å². The van der Waals surface area contributed by atoms with Crippen molar-refractivity contribution in [2.45, 2.75) is 91.9 Å². The van der Waals surface area contributed by atoms with Gasteiger partial charge < -0.3 is 9.80 Å².